The number of amides is 2. The third-order valence-electron chi connectivity index (χ3n) is 6.34. The fourth-order valence-electron chi connectivity index (χ4n) is 4.69. The van der Waals surface area contributed by atoms with E-state index in [1.165, 1.54) is 12.8 Å². The van der Waals surface area contributed by atoms with Crippen LogP contribution in [0.1, 0.15) is 90.7 Å². The van der Waals surface area contributed by atoms with Crippen LogP contribution in [-0.4, -0.2) is 33.4 Å². The van der Waals surface area contributed by atoms with Gasteiger partial charge in [-0.05, 0) is 31.2 Å². The van der Waals surface area contributed by atoms with E-state index in [0.29, 0.717) is 12.2 Å². The van der Waals surface area contributed by atoms with Gasteiger partial charge in [-0.2, -0.15) is 0 Å². The molecule has 2 aromatic rings. The van der Waals surface area contributed by atoms with Crippen LogP contribution in [0, 0.1) is 0 Å². The number of hydrogen-bond acceptors (Lipinski definition) is 3. The quantitative estimate of drug-likeness (QED) is 0.757. The molecule has 160 valence electrons. The molecule has 2 aliphatic rings. The highest BCUT2D eigenvalue weighted by atomic mass is 16.2. The average molecular weight is 409 g/mol. The SMILES string of the molecule is O=C(NC1CCCCC1)c1ncn(Cc2ccccc2)c1C(=O)NC1CCCCC1. The Labute approximate surface area is 178 Å². The van der Waals surface area contributed by atoms with Crippen molar-refractivity contribution in [2.75, 3.05) is 0 Å². The summed E-state index contributed by atoms with van der Waals surface area (Å²) < 4.78 is 1.81. The maximum Gasteiger partial charge on any atom is 0.272 e. The molecule has 0 aliphatic heterocycles. The van der Waals surface area contributed by atoms with Gasteiger partial charge in [0.25, 0.3) is 11.8 Å². The fraction of sp³-hybridized carbons (Fsp3) is 0.542. The van der Waals surface area contributed by atoms with E-state index in [9.17, 15) is 9.59 Å². The third kappa shape index (κ3) is 5.10. The van der Waals surface area contributed by atoms with E-state index in [2.05, 4.69) is 15.6 Å². The predicted octanol–water partition coefficient (Wildman–Crippen LogP) is 4.06. The molecule has 2 amide bonds. The summed E-state index contributed by atoms with van der Waals surface area (Å²) in [6.45, 7) is 0.512. The standard InChI is InChI=1S/C24H32N4O2/c29-23(26-19-12-6-2-7-13-19)21-22(24(30)27-20-14-8-3-9-15-20)28(17-25-21)16-18-10-4-1-5-11-18/h1,4-5,10-11,17,19-20H,2-3,6-9,12-16H2,(H,26,29)(H,27,30). The van der Waals surface area contributed by atoms with Crippen molar-refractivity contribution in [2.24, 2.45) is 0 Å². The van der Waals surface area contributed by atoms with Crippen molar-refractivity contribution in [1.29, 1.82) is 0 Å². The predicted molar refractivity (Wildman–Crippen MR) is 116 cm³/mol. The van der Waals surface area contributed by atoms with Crippen LogP contribution in [0.15, 0.2) is 36.7 Å². The van der Waals surface area contributed by atoms with Crippen LogP contribution in [0.4, 0.5) is 0 Å². The number of aromatic nitrogens is 2. The number of imidazole rings is 1. The lowest BCUT2D eigenvalue weighted by atomic mass is 9.95. The molecule has 0 unspecified atom stereocenters. The number of rotatable bonds is 6. The van der Waals surface area contributed by atoms with Gasteiger partial charge in [0, 0.05) is 18.6 Å². The molecular formula is C24H32N4O2. The number of nitrogens with zero attached hydrogens (tertiary/aromatic N) is 2. The molecule has 0 bridgehead atoms. The highest BCUT2D eigenvalue weighted by Gasteiger charge is 2.27. The van der Waals surface area contributed by atoms with E-state index >= 15 is 0 Å². The average Bonchev–Trinajstić information content (AvgIpc) is 3.20. The van der Waals surface area contributed by atoms with Gasteiger partial charge in [-0.3, -0.25) is 9.59 Å². The minimum Gasteiger partial charge on any atom is -0.348 e. The van der Waals surface area contributed by atoms with Gasteiger partial charge in [0.15, 0.2) is 5.69 Å². The first kappa shape index (κ1) is 20.6. The Morgan fingerprint density at radius 1 is 0.833 bits per heavy atom. The number of carbonyl (C=O) groups is 2. The van der Waals surface area contributed by atoms with Gasteiger partial charge in [-0.15, -0.1) is 0 Å². The molecule has 0 atom stereocenters. The second-order valence-electron chi connectivity index (χ2n) is 8.67. The van der Waals surface area contributed by atoms with E-state index in [1.807, 2.05) is 34.9 Å². The summed E-state index contributed by atoms with van der Waals surface area (Å²) in [5.41, 5.74) is 1.68. The highest BCUT2D eigenvalue weighted by Crippen LogP contribution is 2.20. The highest BCUT2D eigenvalue weighted by molar-refractivity contribution is 6.05. The molecule has 2 N–H and O–H groups in total. The zero-order valence-electron chi connectivity index (χ0n) is 17.6. The Morgan fingerprint density at radius 3 is 2.00 bits per heavy atom. The van der Waals surface area contributed by atoms with Crippen LogP contribution < -0.4 is 10.6 Å². The van der Waals surface area contributed by atoms with Gasteiger partial charge in [-0.25, -0.2) is 4.98 Å². The van der Waals surface area contributed by atoms with E-state index in [0.717, 1.165) is 56.9 Å². The number of hydrogen-bond donors (Lipinski definition) is 2. The van der Waals surface area contributed by atoms with Crippen molar-refractivity contribution in [3.8, 4) is 0 Å². The minimum atomic E-state index is -0.234. The fourth-order valence-corrected chi connectivity index (χ4v) is 4.69. The summed E-state index contributed by atoms with van der Waals surface area (Å²) in [4.78, 5) is 30.7. The van der Waals surface area contributed by atoms with Crippen molar-refractivity contribution >= 4 is 11.8 Å². The van der Waals surface area contributed by atoms with Crippen LogP contribution in [-0.2, 0) is 6.54 Å². The Hall–Kier alpha value is -2.63. The summed E-state index contributed by atoms with van der Waals surface area (Å²) in [6, 6.07) is 10.3. The van der Waals surface area contributed by atoms with E-state index in [1.54, 1.807) is 6.33 Å². The van der Waals surface area contributed by atoms with Gasteiger partial charge in [0.1, 0.15) is 5.69 Å². The van der Waals surface area contributed by atoms with Crippen molar-refractivity contribution in [3.63, 3.8) is 0 Å². The minimum absolute atomic E-state index is 0.180. The van der Waals surface area contributed by atoms with E-state index < -0.39 is 0 Å². The first-order valence-electron chi connectivity index (χ1n) is 11.4. The molecule has 30 heavy (non-hydrogen) atoms. The molecule has 2 saturated carbocycles. The number of nitrogens with one attached hydrogen (secondary N) is 2. The Morgan fingerprint density at radius 2 is 1.40 bits per heavy atom. The molecule has 6 heteroatoms. The molecule has 4 rings (SSSR count). The molecule has 1 aromatic carbocycles. The number of carbonyl (C=O) groups excluding carboxylic acids is 2. The molecule has 6 nitrogen and oxygen atoms in total. The zero-order chi connectivity index (χ0) is 20.8. The monoisotopic (exact) mass is 408 g/mol. The van der Waals surface area contributed by atoms with Crippen LogP contribution >= 0.6 is 0 Å². The van der Waals surface area contributed by atoms with Crippen molar-refractivity contribution < 1.29 is 9.59 Å². The molecular weight excluding hydrogens is 376 g/mol. The Bertz CT molecular complexity index is 849. The van der Waals surface area contributed by atoms with Crippen LogP contribution in [0.5, 0.6) is 0 Å². The summed E-state index contributed by atoms with van der Waals surface area (Å²) in [7, 11) is 0. The van der Waals surface area contributed by atoms with Crippen molar-refractivity contribution in [1.82, 2.24) is 20.2 Å². The molecule has 0 radical (unpaired) electrons. The largest absolute Gasteiger partial charge is 0.348 e. The van der Waals surface area contributed by atoms with Gasteiger partial charge in [0.05, 0.1) is 6.33 Å². The molecule has 0 saturated heterocycles. The van der Waals surface area contributed by atoms with Gasteiger partial charge >= 0.3 is 0 Å². The van der Waals surface area contributed by atoms with Crippen LogP contribution in [0.25, 0.3) is 0 Å². The molecule has 1 aromatic heterocycles. The lowest BCUT2D eigenvalue weighted by Crippen LogP contribution is -2.40. The first-order valence-corrected chi connectivity index (χ1v) is 11.4. The number of benzene rings is 1. The van der Waals surface area contributed by atoms with Crippen molar-refractivity contribution in [2.45, 2.75) is 82.8 Å². The zero-order valence-corrected chi connectivity index (χ0v) is 17.6. The van der Waals surface area contributed by atoms with Gasteiger partial charge < -0.3 is 15.2 Å². The van der Waals surface area contributed by atoms with Crippen molar-refractivity contribution in [3.05, 3.63) is 53.6 Å². The second-order valence-corrected chi connectivity index (χ2v) is 8.67. The maximum absolute atomic E-state index is 13.3. The summed E-state index contributed by atoms with van der Waals surface area (Å²) in [5, 5.41) is 6.28. The molecule has 1 heterocycles. The lowest BCUT2D eigenvalue weighted by molar-refractivity contribution is 0.0884. The van der Waals surface area contributed by atoms with Gasteiger partial charge in [-0.1, -0.05) is 68.9 Å². The first-order chi connectivity index (χ1) is 14.7. The second kappa shape index (κ2) is 9.92. The van der Waals surface area contributed by atoms with E-state index in [-0.39, 0.29) is 29.6 Å². The summed E-state index contributed by atoms with van der Waals surface area (Å²) in [5.74, 6) is -0.424. The van der Waals surface area contributed by atoms with E-state index in [4.69, 9.17) is 0 Å². The molecule has 2 fully saturated rings. The van der Waals surface area contributed by atoms with Crippen LogP contribution in [0.3, 0.4) is 0 Å². The lowest BCUT2D eigenvalue weighted by Gasteiger charge is -2.24. The summed E-state index contributed by atoms with van der Waals surface area (Å²) >= 11 is 0. The molecule has 0 spiro atoms. The van der Waals surface area contributed by atoms with Gasteiger partial charge in [0.2, 0.25) is 0 Å². The normalized spacial score (nSPS) is 18.1. The molecule has 2 aliphatic carbocycles. The Balaban J connectivity index is 1.56. The summed E-state index contributed by atoms with van der Waals surface area (Å²) in [6.07, 6.45) is 12.7. The maximum atomic E-state index is 13.3. The topological polar surface area (TPSA) is 76.0 Å². The third-order valence-corrected chi connectivity index (χ3v) is 6.34. The van der Waals surface area contributed by atoms with Crippen LogP contribution in [0.2, 0.25) is 0 Å². The Kier molecular flexibility index (Phi) is 6.82. The smallest absolute Gasteiger partial charge is 0.272 e.